The molecule has 1 atom stereocenters. The van der Waals surface area contributed by atoms with Crippen LogP contribution in [-0.4, -0.2) is 34.3 Å². The van der Waals surface area contributed by atoms with E-state index in [1.165, 1.54) is 7.11 Å². The van der Waals surface area contributed by atoms with Gasteiger partial charge in [0.1, 0.15) is 17.1 Å². The molecule has 2 aromatic rings. The Morgan fingerprint density at radius 2 is 1.92 bits per heavy atom. The number of benzene rings is 1. The Bertz CT molecular complexity index is 731. The summed E-state index contributed by atoms with van der Waals surface area (Å²) in [5, 5.41) is 0. The Labute approximate surface area is 142 Å². The summed E-state index contributed by atoms with van der Waals surface area (Å²) in [7, 11) is 7.04. The maximum atomic E-state index is 12.4. The van der Waals surface area contributed by atoms with E-state index in [4.69, 9.17) is 13.9 Å². The van der Waals surface area contributed by atoms with Crippen molar-refractivity contribution in [3.63, 3.8) is 0 Å². The predicted octanol–water partition coefficient (Wildman–Crippen LogP) is 3.82. The van der Waals surface area contributed by atoms with E-state index in [9.17, 15) is 4.79 Å². The third kappa shape index (κ3) is 2.80. The number of hydrogen-bond acceptors (Lipinski definition) is 5. The number of hydrogen-bond donors (Lipinski definition) is 0. The quantitative estimate of drug-likeness (QED) is 0.798. The van der Waals surface area contributed by atoms with Crippen LogP contribution in [0.25, 0.3) is 11.3 Å². The van der Waals surface area contributed by atoms with Gasteiger partial charge < -0.3 is 18.8 Å². The first-order valence-corrected chi connectivity index (χ1v) is 8.11. The van der Waals surface area contributed by atoms with Gasteiger partial charge in [0.15, 0.2) is 0 Å². The molecule has 0 aliphatic heterocycles. The Kier molecular flexibility index (Phi) is 4.62. The van der Waals surface area contributed by atoms with Gasteiger partial charge in [0.05, 0.1) is 13.2 Å². The highest BCUT2D eigenvalue weighted by Gasteiger charge is 2.34. The maximum absolute atomic E-state index is 12.4. The third-order valence-electron chi connectivity index (χ3n) is 4.53. The van der Waals surface area contributed by atoms with Crippen molar-refractivity contribution >= 4 is 11.7 Å². The third-order valence-corrected chi connectivity index (χ3v) is 4.53. The van der Waals surface area contributed by atoms with Gasteiger partial charge in [-0.05, 0) is 37.1 Å². The molecule has 128 valence electrons. The van der Waals surface area contributed by atoms with Crippen LogP contribution in [-0.2, 0) is 15.9 Å². The average Bonchev–Trinajstić information content (AvgIpc) is 3.00. The average molecular weight is 329 g/mol. The number of anilines is 1. The van der Waals surface area contributed by atoms with Crippen molar-refractivity contribution in [1.82, 2.24) is 0 Å². The molecule has 1 aromatic heterocycles. The zero-order valence-corrected chi connectivity index (χ0v) is 14.6. The standard InChI is InChI=1S/C19H23NO4/c1-20(2)13-10-8-12(9-11-13)18-17(19(21)23-4)16-14(22-3)6-5-7-15(16)24-18/h8-11,14H,5-7H2,1-4H3. The summed E-state index contributed by atoms with van der Waals surface area (Å²) in [6.45, 7) is 0. The van der Waals surface area contributed by atoms with Crippen LogP contribution >= 0.6 is 0 Å². The van der Waals surface area contributed by atoms with Gasteiger partial charge in [-0.3, -0.25) is 0 Å². The number of furan rings is 1. The van der Waals surface area contributed by atoms with Gasteiger partial charge in [0.2, 0.25) is 0 Å². The predicted molar refractivity (Wildman–Crippen MR) is 92.5 cm³/mol. The molecule has 0 spiro atoms. The number of carbonyl (C=O) groups excluding carboxylic acids is 1. The van der Waals surface area contributed by atoms with Gasteiger partial charge >= 0.3 is 5.97 Å². The Morgan fingerprint density at radius 3 is 2.50 bits per heavy atom. The lowest BCUT2D eigenvalue weighted by atomic mass is 9.91. The summed E-state index contributed by atoms with van der Waals surface area (Å²) in [6, 6.07) is 7.94. The fourth-order valence-electron chi connectivity index (χ4n) is 3.26. The van der Waals surface area contributed by atoms with Crippen LogP contribution in [0.15, 0.2) is 28.7 Å². The second-order valence-electron chi connectivity index (χ2n) is 6.19. The van der Waals surface area contributed by atoms with E-state index in [0.29, 0.717) is 11.3 Å². The zero-order chi connectivity index (χ0) is 17.3. The molecular formula is C19H23NO4. The van der Waals surface area contributed by atoms with Gasteiger partial charge in [0, 0.05) is 44.4 Å². The number of nitrogens with zero attached hydrogens (tertiary/aromatic N) is 1. The highest BCUT2D eigenvalue weighted by Crippen LogP contribution is 2.42. The number of rotatable bonds is 4. The summed E-state index contributed by atoms with van der Waals surface area (Å²) in [5.41, 5.74) is 3.30. The van der Waals surface area contributed by atoms with Crippen molar-refractivity contribution in [2.45, 2.75) is 25.4 Å². The molecule has 0 saturated carbocycles. The van der Waals surface area contributed by atoms with Gasteiger partial charge in [-0.2, -0.15) is 0 Å². The summed E-state index contributed by atoms with van der Waals surface area (Å²) in [4.78, 5) is 14.5. The minimum absolute atomic E-state index is 0.124. The maximum Gasteiger partial charge on any atom is 0.342 e. The number of carbonyl (C=O) groups is 1. The number of ether oxygens (including phenoxy) is 2. The SMILES string of the molecule is COC(=O)c1c(-c2ccc(N(C)C)cc2)oc2c1C(OC)CCC2. The monoisotopic (exact) mass is 329 g/mol. The van der Waals surface area contributed by atoms with Gasteiger partial charge in [-0.1, -0.05) is 0 Å². The highest BCUT2D eigenvalue weighted by molar-refractivity contribution is 5.98. The minimum atomic E-state index is -0.379. The number of esters is 1. The Balaban J connectivity index is 2.13. The van der Waals surface area contributed by atoms with Crippen LogP contribution in [0.3, 0.4) is 0 Å². The molecule has 1 aliphatic rings. The van der Waals surface area contributed by atoms with Crippen molar-refractivity contribution in [3.05, 3.63) is 41.2 Å². The molecule has 0 fully saturated rings. The molecule has 1 heterocycles. The van der Waals surface area contributed by atoms with Crippen molar-refractivity contribution in [2.75, 3.05) is 33.2 Å². The van der Waals surface area contributed by atoms with E-state index < -0.39 is 0 Å². The van der Waals surface area contributed by atoms with Crippen LogP contribution in [0.2, 0.25) is 0 Å². The molecule has 0 N–H and O–H groups in total. The first kappa shape index (κ1) is 16.6. The Morgan fingerprint density at radius 1 is 1.21 bits per heavy atom. The molecule has 5 heteroatoms. The largest absolute Gasteiger partial charge is 0.465 e. The van der Waals surface area contributed by atoms with Gasteiger partial charge in [-0.15, -0.1) is 0 Å². The normalized spacial score (nSPS) is 16.6. The van der Waals surface area contributed by atoms with E-state index in [1.54, 1.807) is 7.11 Å². The van der Waals surface area contributed by atoms with Crippen LogP contribution in [0.4, 0.5) is 5.69 Å². The van der Waals surface area contributed by atoms with Gasteiger partial charge in [0.25, 0.3) is 0 Å². The van der Waals surface area contributed by atoms with Crippen LogP contribution < -0.4 is 4.90 Å². The second kappa shape index (κ2) is 6.69. The van der Waals surface area contributed by atoms with Crippen molar-refractivity contribution < 1.29 is 18.7 Å². The highest BCUT2D eigenvalue weighted by atomic mass is 16.5. The molecule has 0 amide bonds. The molecular weight excluding hydrogens is 306 g/mol. The van der Waals surface area contributed by atoms with Crippen LogP contribution in [0.5, 0.6) is 0 Å². The lowest BCUT2D eigenvalue weighted by Gasteiger charge is -2.20. The van der Waals surface area contributed by atoms with E-state index in [2.05, 4.69) is 0 Å². The van der Waals surface area contributed by atoms with Gasteiger partial charge in [-0.25, -0.2) is 4.79 Å². The summed E-state index contributed by atoms with van der Waals surface area (Å²) < 4.78 is 16.7. The number of aryl methyl sites for hydroxylation is 1. The van der Waals surface area contributed by atoms with E-state index in [-0.39, 0.29) is 12.1 Å². The zero-order valence-electron chi connectivity index (χ0n) is 14.6. The lowest BCUT2D eigenvalue weighted by molar-refractivity contribution is 0.0578. The molecule has 0 saturated heterocycles. The topological polar surface area (TPSA) is 51.9 Å². The number of fused-ring (bicyclic) bond motifs is 1. The van der Waals surface area contributed by atoms with Crippen molar-refractivity contribution in [2.24, 2.45) is 0 Å². The van der Waals surface area contributed by atoms with E-state index in [1.807, 2.05) is 43.3 Å². The molecule has 1 aromatic carbocycles. The minimum Gasteiger partial charge on any atom is -0.465 e. The van der Waals surface area contributed by atoms with Crippen molar-refractivity contribution in [1.29, 1.82) is 0 Å². The molecule has 3 rings (SSSR count). The van der Waals surface area contributed by atoms with Crippen LogP contribution in [0, 0.1) is 0 Å². The molecule has 0 radical (unpaired) electrons. The molecule has 24 heavy (non-hydrogen) atoms. The van der Waals surface area contributed by atoms with Crippen LogP contribution in [0.1, 0.15) is 40.6 Å². The lowest BCUT2D eigenvalue weighted by Crippen LogP contribution is -2.14. The smallest absolute Gasteiger partial charge is 0.342 e. The van der Waals surface area contributed by atoms with Crippen molar-refractivity contribution in [3.8, 4) is 11.3 Å². The first-order chi connectivity index (χ1) is 11.6. The second-order valence-corrected chi connectivity index (χ2v) is 6.19. The molecule has 0 bridgehead atoms. The van der Waals surface area contributed by atoms with E-state index in [0.717, 1.165) is 41.8 Å². The van der Waals surface area contributed by atoms with E-state index >= 15 is 0 Å². The fraction of sp³-hybridized carbons (Fsp3) is 0.421. The Hall–Kier alpha value is -2.27. The fourth-order valence-corrected chi connectivity index (χ4v) is 3.26. The summed E-state index contributed by atoms with van der Waals surface area (Å²) >= 11 is 0. The summed E-state index contributed by atoms with van der Waals surface area (Å²) in [5.74, 6) is 1.02. The molecule has 5 nitrogen and oxygen atoms in total. The molecule has 1 unspecified atom stereocenters. The molecule has 1 aliphatic carbocycles. The number of methoxy groups -OCH3 is 2. The first-order valence-electron chi connectivity index (χ1n) is 8.11. The summed E-state index contributed by atoms with van der Waals surface area (Å²) in [6.07, 6.45) is 2.56.